The fourth-order valence-electron chi connectivity index (χ4n) is 0.734. The molecule has 1 aromatic heterocycles. The minimum atomic E-state index is -3.95. The number of esters is 1. The number of hydrogen-bond acceptors (Lipinski definition) is 8. The lowest BCUT2D eigenvalue weighted by atomic mass is 10.5. The molecule has 9 nitrogen and oxygen atoms in total. The maximum atomic E-state index is 11.2. The monoisotopic (exact) mass is 292 g/mol. The average Bonchev–Trinajstić information content (AvgIpc) is 2.74. The Balaban J connectivity index is 2.69. The van der Waals surface area contributed by atoms with E-state index >= 15 is 0 Å². The number of amides is 1. The van der Waals surface area contributed by atoms with E-state index in [2.05, 4.69) is 20.3 Å². The van der Waals surface area contributed by atoms with Gasteiger partial charge < -0.3 is 4.74 Å². The van der Waals surface area contributed by atoms with Crippen molar-refractivity contribution in [3.63, 3.8) is 0 Å². The Morgan fingerprint density at radius 2 is 2.06 bits per heavy atom. The van der Waals surface area contributed by atoms with Crippen LogP contribution in [-0.2, 0) is 24.3 Å². The number of hydrogen-bond donors (Lipinski definition) is 2. The quantitative estimate of drug-likeness (QED) is 0.405. The van der Waals surface area contributed by atoms with E-state index in [9.17, 15) is 18.0 Å². The number of primary sulfonamides is 1. The van der Waals surface area contributed by atoms with Gasteiger partial charge in [0.2, 0.25) is 15.4 Å². The van der Waals surface area contributed by atoms with Crippen LogP contribution in [-0.4, -0.2) is 37.6 Å². The molecule has 1 amide bonds. The summed E-state index contributed by atoms with van der Waals surface area (Å²) < 4.78 is 25.6. The first-order valence-electron chi connectivity index (χ1n) is 4.26. The van der Waals surface area contributed by atoms with Gasteiger partial charge >= 0.3 is 5.97 Å². The first kappa shape index (κ1) is 14.2. The Kier molecular flexibility index (Phi) is 4.47. The molecule has 0 bridgehead atoms. The van der Waals surface area contributed by atoms with Crippen molar-refractivity contribution in [2.24, 2.45) is 5.14 Å². The van der Waals surface area contributed by atoms with E-state index in [0.717, 1.165) is 19.3 Å². The smallest absolute Gasteiger partial charge is 0.330 e. The predicted molar refractivity (Wildman–Crippen MR) is 61.1 cm³/mol. The number of carbonyl (C=O) groups excluding carboxylic acids is 2. The molecule has 0 atom stereocenters. The molecule has 0 unspecified atom stereocenters. The summed E-state index contributed by atoms with van der Waals surface area (Å²) in [5, 5.41) is 13.6. The molecule has 0 aromatic carbocycles. The van der Waals surface area contributed by atoms with Crippen LogP contribution < -0.4 is 10.5 Å². The number of aromatic nitrogens is 2. The number of anilines is 1. The van der Waals surface area contributed by atoms with Crippen molar-refractivity contribution in [1.82, 2.24) is 10.2 Å². The zero-order valence-corrected chi connectivity index (χ0v) is 10.6. The van der Waals surface area contributed by atoms with Gasteiger partial charge in [-0.25, -0.2) is 18.4 Å². The molecule has 0 saturated carbocycles. The van der Waals surface area contributed by atoms with Crippen LogP contribution in [0.4, 0.5) is 5.13 Å². The summed E-state index contributed by atoms with van der Waals surface area (Å²) in [5.41, 5.74) is 0. The van der Waals surface area contributed by atoms with Gasteiger partial charge in [-0.15, -0.1) is 10.2 Å². The maximum absolute atomic E-state index is 11.2. The van der Waals surface area contributed by atoms with E-state index in [1.54, 1.807) is 0 Å². The Bertz CT molecular complexity index is 591. The lowest BCUT2D eigenvalue weighted by Gasteiger charge is -1.93. The Morgan fingerprint density at radius 1 is 1.39 bits per heavy atom. The van der Waals surface area contributed by atoms with Crippen LogP contribution in [0.5, 0.6) is 0 Å². The van der Waals surface area contributed by atoms with Crippen molar-refractivity contribution in [2.45, 2.75) is 4.34 Å². The van der Waals surface area contributed by atoms with Gasteiger partial charge in [-0.2, -0.15) is 0 Å². The summed E-state index contributed by atoms with van der Waals surface area (Å²) in [6.45, 7) is 0. The van der Waals surface area contributed by atoms with Crippen LogP contribution in [0.3, 0.4) is 0 Å². The maximum Gasteiger partial charge on any atom is 0.330 e. The molecule has 1 heterocycles. The van der Waals surface area contributed by atoms with Gasteiger partial charge in [-0.3, -0.25) is 10.1 Å². The molecule has 1 aromatic rings. The van der Waals surface area contributed by atoms with Gasteiger partial charge in [0.15, 0.2) is 0 Å². The molecule has 0 radical (unpaired) electrons. The van der Waals surface area contributed by atoms with Crippen LogP contribution in [0.2, 0.25) is 0 Å². The van der Waals surface area contributed by atoms with Gasteiger partial charge in [0.1, 0.15) is 0 Å². The minimum absolute atomic E-state index is 0.0569. The largest absolute Gasteiger partial charge is 0.466 e. The number of carbonyl (C=O) groups is 2. The van der Waals surface area contributed by atoms with Crippen molar-refractivity contribution in [3.8, 4) is 0 Å². The lowest BCUT2D eigenvalue weighted by molar-refractivity contribution is -0.135. The molecule has 0 saturated heterocycles. The number of methoxy groups -OCH3 is 1. The van der Waals surface area contributed by atoms with E-state index < -0.39 is 26.2 Å². The van der Waals surface area contributed by atoms with Crippen LogP contribution in [0.15, 0.2) is 16.5 Å². The van der Waals surface area contributed by atoms with E-state index in [0.29, 0.717) is 11.3 Å². The third kappa shape index (κ3) is 4.20. The summed E-state index contributed by atoms with van der Waals surface area (Å²) in [6.07, 6.45) is 1.81. The molecule has 11 heteroatoms. The highest BCUT2D eigenvalue weighted by molar-refractivity contribution is 7.91. The minimum Gasteiger partial charge on any atom is -0.466 e. The molecule has 0 fully saturated rings. The molecule has 0 aliphatic rings. The summed E-state index contributed by atoms with van der Waals surface area (Å²) in [7, 11) is -2.79. The Morgan fingerprint density at radius 3 is 2.56 bits per heavy atom. The average molecular weight is 292 g/mol. The molecule has 1 rings (SSSR count). The van der Waals surface area contributed by atoms with E-state index in [4.69, 9.17) is 5.14 Å². The van der Waals surface area contributed by atoms with Crippen molar-refractivity contribution < 1.29 is 22.7 Å². The van der Waals surface area contributed by atoms with Gasteiger partial charge in [-0.1, -0.05) is 11.3 Å². The van der Waals surface area contributed by atoms with E-state index in [-0.39, 0.29) is 5.13 Å². The summed E-state index contributed by atoms with van der Waals surface area (Å²) in [4.78, 5) is 21.9. The normalized spacial score (nSPS) is 11.4. The summed E-state index contributed by atoms with van der Waals surface area (Å²) in [5.74, 6) is -1.38. The van der Waals surface area contributed by atoms with Crippen LogP contribution in [0.25, 0.3) is 0 Å². The zero-order chi connectivity index (χ0) is 13.8. The number of nitrogens with one attached hydrogen (secondary N) is 1. The van der Waals surface area contributed by atoms with Crippen LogP contribution >= 0.6 is 11.3 Å². The highest BCUT2D eigenvalue weighted by Crippen LogP contribution is 2.18. The molecule has 0 spiro atoms. The fraction of sp³-hybridized carbons (Fsp3) is 0.143. The second-order valence-electron chi connectivity index (χ2n) is 2.76. The highest BCUT2D eigenvalue weighted by Gasteiger charge is 2.15. The Hall–Kier alpha value is -1.85. The summed E-state index contributed by atoms with van der Waals surface area (Å²) >= 11 is 0.591. The van der Waals surface area contributed by atoms with Gasteiger partial charge in [0, 0.05) is 12.2 Å². The standard InChI is InChI=1S/C7H8N4O5S2/c1-16-5(13)3-2-4(12)9-6-10-11-7(17-6)18(8,14)15/h2-3H,1H3,(H2,8,14,15)(H,9,10,12)/b3-2+. The lowest BCUT2D eigenvalue weighted by Crippen LogP contribution is -2.11. The van der Waals surface area contributed by atoms with Gasteiger partial charge in [-0.05, 0) is 0 Å². The number of rotatable bonds is 4. The number of ether oxygens (including phenoxy) is 1. The SMILES string of the molecule is COC(=O)/C=C/C(=O)Nc1nnc(S(N)(=O)=O)s1. The van der Waals surface area contributed by atoms with Gasteiger partial charge in [0.05, 0.1) is 7.11 Å². The summed E-state index contributed by atoms with van der Waals surface area (Å²) in [6, 6.07) is 0. The van der Waals surface area contributed by atoms with Crippen molar-refractivity contribution in [2.75, 3.05) is 12.4 Å². The van der Waals surface area contributed by atoms with E-state index in [1.165, 1.54) is 0 Å². The van der Waals surface area contributed by atoms with Crippen LogP contribution in [0.1, 0.15) is 0 Å². The molecular weight excluding hydrogens is 284 g/mol. The molecule has 0 aliphatic heterocycles. The second kappa shape index (κ2) is 5.66. The number of sulfonamides is 1. The fourth-order valence-corrected chi connectivity index (χ4v) is 2.07. The molecule has 3 N–H and O–H groups in total. The van der Waals surface area contributed by atoms with E-state index in [1.807, 2.05) is 0 Å². The first-order chi connectivity index (χ1) is 8.32. The second-order valence-corrected chi connectivity index (χ2v) is 5.48. The van der Waals surface area contributed by atoms with Crippen LogP contribution in [0, 0.1) is 0 Å². The third-order valence-corrected chi connectivity index (χ3v) is 3.60. The van der Waals surface area contributed by atoms with Crippen molar-refractivity contribution >= 4 is 38.4 Å². The Labute approximate surface area is 106 Å². The molecular formula is C7H8N4O5S2. The number of nitrogens with zero attached hydrogens (tertiary/aromatic N) is 2. The third-order valence-electron chi connectivity index (χ3n) is 1.45. The molecule has 98 valence electrons. The van der Waals surface area contributed by atoms with Crippen molar-refractivity contribution in [3.05, 3.63) is 12.2 Å². The molecule has 18 heavy (non-hydrogen) atoms. The number of nitrogens with two attached hydrogens (primary N) is 1. The van der Waals surface area contributed by atoms with Crippen molar-refractivity contribution in [1.29, 1.82) is 0 Å². The zero-order valence-electron chi connectivity index (χ0n) is 8.98. The van der Waals surface area contributed by atoms with Gasteiger partial charge in [0.25, 0.3) is 10.0 Å². The highest BCUT2D eigenvalue weighted by atomic mass is 32.2. The first-order valence-corrected chi connectivity index (χ1v) is 6.62. The predicted octanol–water partition coefficient (Wildman–Crippen LogP) is -1.15. The molecule has 0 aliphatic carbocycles. The topological polar surface area (TPSA) is 141 Å².